The third kappa shape index (κ3) is 3.35. The zero-order valence-corrected chi connectivity index (χ0v) is 19.3. The first-order valence-corrected chi connectivity index (χ1v) is 12.4. The van der Waals surface area contributed by atoms with Crippen molar-refractivity contribution in [2.75, 3.05) is 20.2 Å². The Morgan fingerprint density at radius 3 is 2.68 bits per heavy atom. The van der Waals surface area contributed by atoms with Gasteiger partial charge >= 0.3 is 5.97 Å². The lowest BCUT2D eigenvalue weighted by Crippen LogP contribution is -2.57. The second kappa shape index (κ2) is 7.86. The molecule has 31 heavy (non-hydrogen) atoms. The van der Waals surface area contributed by atoms with Crippen molar-refractivity contribution in [1.82, 2.24) is 5.32 Å². The topological polar surface area (TPSA) is 77.0 Å². The number of esters is 1. The molecule has 1 saturated heterocycles. The zero-order chi connectivity index (χ0) is 21.8. The number of hydrogen-bond acceptors (Lipinski definition) is 6. The van der Waals surface area contributed by atoms with Gasteiger partial charge in [0.1, 0.15) is 11.9 Å². The third-order valence-corrected chi connectivity index (χ3v) is 10.1. The highest BCUT2D eigenvalue weighted by atomic mass is 16.6. The standard InChI is InChI=1S/C25H38N2O4/c1-24-9-6-15(27-31-16-8-11-26-14-16)12-21(24)18(23(29)30-3)13-17-19-4-5-22(28)25(19,2)10-7-20(17)24/h16-21,26H,4-14H2,1-3H3/b27-15+/t16-,17+,18+,19+,20+,21-,24-,25+/m1/s1. The first-order valence-electron chi connectivity index (χ1n) is 12.4. The molecule has 5 aliphatic rings. The fourth-order valence-corrected chi connectivity index (χ4v) is 8.28. The van der Waals surface area contributed by atoms with E-state index in [0.717, 1.165) is 76.6 Å². The van der Waals surface area contributed by atoms with E-state index in [9.17, 15) is 9.59 Å². The van der Waals surface area contributed by atoms with Crippen molar-refractivity contribution in [2.24, 2.45) is 45.6 Å². The Bertz CT molecular complexity index is 775. The first kappa shape index (κ1) is 21.4. The average Bonchev–Trinajstić information content (AvgIpc) is 3.39. The molecule has 172 valence electrons. The van der Waals surface area contributed by atoms with Gasteiger partial charge in [-0.2, -0.15) is 0 Å². The van der Waals surface area contributed by atoms with E-state index in [1.165, 1.54) is 7.11 Å². The number of carbonyl (C=O) groups is 2. The molecule has 1 N–H and O–H groups in total. The van der Waals surface area contributed by atoms with Crippen molar-refractivity contribution >= 4 is 17.5 Å². The minimum Gasteiger partial charge on any atom is -0.469 e. The molecule has 0 bridgehead atoms. The van der Waals surface area contributed by atoms with Gasteiger partial charge in [-0.05, 0) is 80.6 Å². The predicted molar refractivity (Wildman–Crippen MR) is 117 cm³/mol. The van der Waals surface area contributed by atoms with Gasteiger partial charge in [0.15, 0.2) is 0 Å². The lowest BCUT2D eigenvalue weighted by molar-refractivity contribution is -0.167. The highest BCUT2D eigenvalue weighted by Gasteiger charge is 2.63. The van der Waals surface area contributed by atoms with Crippen molar-refractivity contribution in [3.8, 4) is 0 Å². The smallest absolute Gasteiger partial charge is 0.308 e. The van der Waals surface area contributed by atoms with Gasteiger partial charge in [0.25, 0.3) is 0 Å². The molecule has 0 unspecified atom stereocenters. The number of nitrogens with zero attached hydrogens (tertiary/aromatic N) is 1. The Morgan fingerprint density at radius 1 is 1.10 bits per heavy atom. The summed E-state index contributed by atoms with van der Waals surface area (Å²) in [5.74, 6) is 1.99. The normalized spacial score (nSPS) is 48.1. The van der Waals surface area contributed by atoms with Gasteiger partial charge in [-0.1, -0.05) is 19.0 Å². The predicted octanol–water partition coefficient (Wildman–Crippen LogP) is 3.73. The summed E-state index contributed by atoms with van der Waals surface area (Å²) in [5, 5.41) is 7.88. The summed E-state index contributed by atoms with van der Waals surface area (Å²) in [6.07, 6.45) is 8.72. The van der Waals surface area contributed by atoms with Crippen LogP contribution in [0.3, 0.4) is 0 Å². The zero-order valence-electron chi connectivity index (χ0n) is 19.3. The van der Waals surface area contributed by atoms with E-state index >= 15 is 0 Å². The van der Waals surface area contributed by atoms with Gasteiger partial charge in [-0.15, -0.1) is 0 Å². The quantitative estimate of drug-likeness (QED) is 0.545. The van der Waals surface area contributed by atoms with Gasteiger partial charge in [0.2, 0.25) is 0 Å². The van der Waals surface area contributed by atoms with Crippen molar-refractivity contribution in [3.05, 3.63) is 0 Å². The number of ketones is 1. The summed E-state index contributed by atoms with van der Waals surface area (Å²) >= 11 is 0. The maximum atomic E-state index is 13.0. The number of rotatable bonds is 3. The average molecular weight is 431 g/mol. The molecule has 1 aliphatic heterocycles. The van der Waals surface area contributed by atoms with Crippen LogP contribution in [0.1, 0.15) is 71.6 Å². The molecule has 0 aromatic carbocycles. The molecule has 8 atom stereocenters. The van der Waals surface area contributed by atoms with Gasteiger partial charge in [0.05, 0.1) is 18.7 Å². The second-order valence-electron chi connectivity index (χ2n) is 11.4. The monoisotopic (exact) mass is 430 g/mol. The molecule has 4 saturated carbocycles. The summed E-state index contributed by atoms with van der Waals surface area (Å²) in [7, 11) is 1.52. The molecule has 5 rings (SSSR count). The van der Waals surface area contributed by atoms with Crippen LogP contribution >= 0.6 is 0 Å². The van der Waals surface area contributed by atoms with E-state index < -0.39 is 0 Å². The fourth-order valence-electron chi connectivity index (χ4n) is 8.28. The van der Waals surface area contributed by atoms with Gasteiger partial charge in [-0.25, -0.2) is 0 Å². The number of fused-ring (bicyclic) bond motifs is 5. The van der Waals surface area contributed by atoms with E-state index in [2.05, 4.69) is 24.3 Å². The number of hydrogen-bond donors (Lipinski definition) is 1. The highest BCUT2D eigenvalue weighted by molar-refractivity contribution is 5.88. The molecule has 0 aromatic heterocycles. The van der Waals surface area contributed by atoms with E-state index in [-0.39, 0.29) is 34.7 Å². The highest BCUT2D eigenvalue weighted by Crippen LogP contribution is 2.66. The molecule has 0 spiro atoms. The van der Waals surface area contributed by atoms with Gasteiger partial charge < -0.3 is 14.9 Å². The van der Waals surface area contributed by atoms with E-state index in [1.807, 2.05) is 0 Å². The minimum atomic E-state index is -0.171. The molecule has 0 amide bonds. The van der Waals surface area contributed by atoms with Crippen molar-refractivity contribution < 1.29 is 19.2 Å². The van der Waals surface area contributed by atoms with Crippen molar-refractivity contribution in [3.63, 3.8) is 0 Å². The molecule has 6 nitrogen and oxygen atoms in total. The Labute approximate surface area is 185 Å². The Balaban J connectivity index is 1.41. The Morgan fingerprint density at radius 2 is 1.94 bits per heavy atom. The number of ether oxygens (including phenoxy) is 1. The largest absolute Gasteiger partial charge is 0.469 e. The molecule has 0 aromatic rings. The molecule has 6 heteroatoms. The van der Waals surface area contributed by atoms with Crippen molar-refractivity contribution in [1.29, 1.82) is 0 Å². The van der Waals surface area contributed by atoms with Crippen LogP contribution in [0.15, 0.2) is 5.16 Å². The summed E-state index contributed by atoms with van der Waals surface area (Å²) in [6.45, 7) is 6.48. The van der Waals surface area contributed by atoms with Crippen LogP contribution in [-0.4, -0.2) is 43.8 Å². The van der Waals surface area contributed by atoms with Crippen LogP contribution in [0, 0.1) is 40.4 Å². The van der Waals surface area contributed by atoms with E-state index in [1.54, 1.807) is 0 Å². The molecule has 1 heterocycles. The molecule has 5 fully saturated rings. The number of oxime groups is 1. The van der Waals surface area contributed by atoms with Crippen LogP contribution in [0.2, 0.25) is 0 Å². The maximum absolute atomic E-state index is 13.0. The Hall–Kier alpha value is -1.43. The third-order valence-electron chi connectivity index (χ3n) is 10.1. The number of nitrogens with one attached hydrogen (secondary N) is 1. The van der Waals surface area contributed by atoms with Crippen LogP contribution in [0.25, 0.3) is 0 Å². The summed E-state index contributed by atoms with van der Waals surface area (Å²) in [4.78, 5) is 31.6. The molecule has 4 aliphatic carbocycles. The lowest BCUT2D eigenvalue weighted by atomic mass is 9.43. The molecule has 0 radical (unpaired) electrons. The second-order valence-corrected chi connectivity index (χ2v) is 11.4. The van der Waals surface area contributed by atoms with Crippen LogP contribution in [0.4, 0.5) is 0 Å². The van der Waals surface area contributed by atoms with Gasteiger partial charge in [0, 0.05) is 24.8 Å². The summed E-state index contributed by atoms with van der Waals surface area (Å²) in [5.41, 5.74) is 1.04. The number of carbonyl (C=O) groups excluding carboxylic acids is 2. The fraction of sp³-hybridized carbons (Fsp3) is 0.880. The number of methoxy groups -OCH3 is 1. The van der Waals surface area contributed by atoms with Crippen LogP contribution < -0.4 is 5.32 Å². The van der Waals surface area contributed by atoms with E-state index in [4.69, 9.17) is 9.57 Å². The lowest BCUT2D eigenvalue weighted by Gasteiger charge is -2.61. The summed E-state index contributed by atoms with van der Waals surface area (Å²) < 4.78 is 5.31. The SMILES string of the molecule is COC(=O)[C@H]1C[C@@H]2[C@H](CC[C@]3(C)C(=O)CC[C@@H]23)[C@@]2(C)CC/C(=N\O[C@@H]3CCNC3)C[C@H]12. The minimum absolute atomic E-state index is 0.0755. The maximum Gasteiger partial charge on any atom is 0.308 e. The Kier molecular flexibility index (Phi) is 5.43. The van der Waals surface area contributed by atoms with Crippen LogP contribution in [-0.2, 0) is 19.2 Å². The molecular weight excluding hydrogens is 392 g/mol. The van der Waals surface area contributed by atoms with Crippen molar-refractivity contribution in [2.45, 2.75) is 77.7 Å². The van der Waals surface area contributed by atoms with Crippen LogP contribution in [0.5, 0.6) is 0 Å². The molecular formula is C25H38N2O4. The summed E-state index contributed by atoms with van der Waals surface area (Å²) in [6, 6.07) is 0. The first-order chi connectivity index (χ1) is 14.9. The van der Waals surface area contributed by atoms with E-state index in [0.29, 0.717) is 23.5 Å². The number of Topliss-reactive ketones (excluding diaryl/α,β-unsaturated/α-hetero) is 1. The van der Waals surface area contributed by atoms with Gasteiger partial charge in [-0.3, -0.25) is 9.59 Å².